The summed E-state index contributed by atoms with van der Waals surface area (Å²) in [4.78, 5) is 4.57. The summed E-state index contributed by atoms with van der Waals surface area (Å²) in [6.07, 6.45) is 1.85. The fraction of sp³-hybridized carbons (Fsp3) is 0.294. The number of fused-ring (bicyclic) bond motifs is 1. The molecule has 0 saturated heterocycles. The fourth-order valence-corrected chi connectivity index (χ4v) is 2.87. The van der Waals surface area contributed by atoms with Gasteiger partial charge in [-0.15, -0.1) is 0 Å². The van der Waals surface area contributed by atoms with Crippen LogP contribution >= 0.6 is 0 Å². The van der Waals surface area contributed by atoms with Gasteiger partial charge < -0.3 is 5.32 Å². The first kappa shape index (κ1) is 13.8. The van der Waals surface area contributed by atoms with E-state index in [1.165, 1.54) is 11.3 Å². The Labute approximate surface area is 124 Å². The van der Waals surface area contributed by atoms with Crippen molar-refractivity contribution < 1.29 is 0 Å². The van der Waals surface area contributed by atoms with Crippen LogP contribution in [0.15, 0.2) is 42.6 Å². The van der Waals surface area contributed by atoms with Crippen molar-refractivity contribution in [2.75, 3.05) is 7.05 Å². The second-order valence-electron chi connectivity index (χ2n) is 5.17. The second-order valence-corrected chi connectivity index (χ2v) is 5.17. The summed E-state index contributed by atoms with van der Waals surface area (Å²) >= 11 is 0. The van der Waals surface area contributed by atoms with Crippen LogP contribution in [0.2, 0.25) is 0 Å². The number of para-hydroxylation sites is 1. The Morgan fingerprint density at radius 3 is 2.81 bits per heavy atom. The van der Waals surface area contributed by atoms with Gasteiger partial charge in [0.1, 0.15) is 0 Å². The van der Waals surface area contributed by atoms with E-state index in [0.29, 0.717) is 0 Å². The number of rotatable bonds is 4. The van der Waals surface area contributed by atoms with Gasteiger partial charge in [0.25, 0.3) is 0 Å². The van der Waals surface area contributed by atoms with Crippen molar-refractivity contribution in [1.29, 1.82) is 0 Å². The molecule has 0 amide bonds. The number of benzene rings is 1. The van der Waals surface area contributed by atoms with Crippen molar-refractivity contribution in [2.24, 2.45) is 0 Å². The van der Waals surface area contributed by atoms with Crippen molar-refractivity contribution in [3.05, 3.63) is 59.5 Å². The maximum absolute atomic E-state index is 4.57. The van der Waals surface area contributed by atoms with Crippen LogP contribution in [0, 0.1) is 6.92 Å². The molecule has 108 valence electrons. The average Bonchev–Trinajstić information content (AvgIpc) is 2.89. The monoisotopic (exact) mass is 280 g/mol. The van der Waals surface area contributed by atoms with Crippen LogP contribution in [0.4, 0.5) is 0 Å². The van der Waals surface area contributed by atoms with E-state index in [1.807, 2.05) is 26.2 Å². The highest BCUT2D eigenvalue weighted by molar-refractivity contribution is 5.82. The predicted molar refractivity (Wildman–Crippen MR) is 85.3 cm³/mol. The zero-order valence-electron chi connectivity index (χ0n) is 12.7. The molecule has 3 rings (SSSR count). The molecule has 4 heteroatoms. The minimum atomic E-state index is 0.0877. The number of pyridine rings is 1. The molecule has 2 aromatic heterocycles. The molecule has 0 aliphatic rings. The molecular weight excluding hydrogens is 260 g/mol. The summed E-state index contributed by atoms with van der Waals surface area (Å²) in [5.41, 5.74) is 4.45. The highest BCUT2D eigenvalue weighted by Crippen LogP contribution is 2.28. The molecule has 2 heterocycles. The first-order valence-electron chi connectivity index (χ1n) is 7.30. The summed E-state index contributed by atoms with van der Waals surface area (Å²) in [7, 11) is 1.98. The normalized spacial score (nSPS) is 12.7. The Hall–Kier alpha value is -2.20. The lowest BCUT2D eigenvalue weighted by molar-refractivity contribution is 0.563. The molecule has 1 N–H and O–H groups in total. The number of nitrogens with zero attached hydrogens (tertiary/aromatic N) is 3. The minimum absolute atomic E-state index is 0.0877. The molecule has 0 aliphatic heterocycles. The molecule has 0 spiro atoms. The minimum Gasteiger partial charge on any atom is -0.308 e. The van der Waals surface area contributed by atoms with Crippen molar-refractivity contribution in [3.63, 3.8) is 0 Å². The Balaban J connectivity index is 2.18. The van der Waals surface area contributed by atoms with E-state index in [2.05, 4.69) is 57.3 Å². The summed E-state index contributed by atoms with van der Waals surface area (Å²) in [6, 6.07) is 12.6. The van der Waals surface area contributed by atoms with E-state index in [-0.39, 0.29) is 6.04 Å². The third-order valence-corrected chi connectivity index (χ3v) is 3.79. The van der Waals surface area contributed by atoms with Crippen LogP contribution in [0.1, 0.15) is 29.9 Å². The van der Waals surface area contributed by atoms with Crippen molar-refractivity contribution in [1.82, 2.24) is 20.1 Å². The lowest BCUT2D eigenvalue weighted by Crippen LogP contribution is -2.21. The molecule has 21 heavy (non-hydrogen) atoms. The third kappa shape index (κ3) is 2.43. The first-order valence-corrected chi connectivity index (χ1v) is 7.30. The van der Waals surface area contributed by atoms with Crippen LogP contribution in [0.3, 0.4) is 0 Å². The number of aromatic nitrogens is 3. The highest BCUT2D eigenvalue weighted by atomic mass is 15.3. The first-order chi connectivity index (χ1) is 10.2. The van der Waals surface area contributed by atoms with Gasteiger partial charge in [-0.25, -0.2) is 0 Å². The van der Waals surface area contributed by atoms with Crippen molar-refractivity contribution >= 4 is 10.9 Å². The zero-order chi connectivity index (χ0) is 14.8. The summed E-state index contributed by atoms with van der Waals surface area (Å²) in [5.74, 6) is 0. The molecule has 0 aliphatic carbocycles. The van der Waals surface area contributed by atoms with E-state index >= 15 is 0 Å². The zero-order valence-corrected chi connectivity index (χ0v) is 12.7. The van der Waals surface area contributed by atoms with Crippen molar-refractivity contribution in [2.45, 2.75) is 26.4 Å². The van der Waals surface area contributed by atoms with E-state index in [0.717, 1.165) is 23.1 Å². The van der Waals surface area contributed by atoms with Gasteiger partial charge in [-0.1, -0.05) is 24.3 Å². The van der Waals surface area contributed by atoms with Crippen LogP contribution in [0.25, 0.3) is 10.9 Å². The maximum Gasteiger partial charge on any atom is 0.0767 e. The van der Waals surface area contributed by atoms with E-state index < -0.39 is 0 Å². The number of aryl methyl sites for hydroxylation is 2. The quantitative estimate of drug-likeness (QED) is 0.798. The highest BCUT2D eigenvalue weighted by Gasteiger charge is 2.19. The standard InChI is InChI=1S/C17H20N4/c1-4-21-15(11-12(2)20-21)17(18-3)14-9-5-7-13-8-6-10-19-16(13)14/h5-11,17-18H,4H2,1-3H3. The van der Waals surface area contributed by atoms with E-state index in [1.54, 1.807) is 0 Å². The fourth-order valence-electron chi connectivity index (χ4n) is 2.87. The molecule has 1 atom stereocenters. The Morgan fingerprint density at radius 1 is 1.24 bits per heavy atom. The molecule has 4 nitrogen and oxygen atoms in total. The van der Waals surface area contributed by atoms with Gasteiger partial charge in [0, 0.05) is 23.7 Å². The van der Waals surface area contributed by atoms with E-state index in [4.69, 9.17) is 0 Å². The molecule has 0 fully saturated rings. The number of nitrogens with one attached hydrogen (secondary N) is 1. The van der Waals surface area contributed by atoms with Gasteiger partial charge >= 0.3 is 0 Å². The molecule has 1 unspecified atom stereocenters. The molecular formula is C17H20N4. The van der Waals surface area contributed by atoms with Gasteiger partial charge in [0.05, 0.1) is 22.9 Å². The SMILES string of the molecule is CCn1nc(C)cc1C(NC)c1cccc2cccnc12. The summed E-state index contributed by atoms with van der Waals surface area (Å²) in [5, 5.41) is 9.14. The second kappa shape index (κ2) is 5.66. The van der Waals surface area contributed by atoms with Gasteiger partial charge in [0.15, 0.2) is 0 Å². The largest absolute Gasteiger partial charge is 0.308 e. The summed E-state index contributed by atoms with van der Waals surface area (Å²) < 4.78 is 2.05. The van der Waals surface area contributed by atoms with Crippen molar-refractivity contribution in [3.8, 4) is 0 Å². The lowest BCUT2D eigenvalue weighted by atomic mass is 10.00. The lowest BCUT2D eigenvalue weighted by Gasteiger charge is -2.19. The predicted octanol–water partition coefficient (Wildman–Crippen LogP) is 3.07. The van der Waals surface area contributed by atoms with Gasteiger partial charge in [-0.05, 0) is 33.0 Å². The molecule has 1 aromatic carbocycles. The Kier molecular flexibility index (Phi) is 3.71. The van der Waals surface area contributed by atoms with Crippen LogP contribution in [-0.2, 0) is 6.54 Å². The van der Waals surface area contributed by atoms with Gasteiger partial charge in [-0.3, -0.25) is 9.67 Å². The topological polar surface area (TPSA) is 42.7 Å². The third-order valence-electron chi connectivity index (χ3n) is 3.79. The smallest absolute Gasteiger partial charge is 0.0767 e. The number of hydrogen-bond acceptors (Lipinski definition) is 3. The Morgan fingerprint density at radius 2 is 2.05 bits per heavy atom. The molecule has 0 saturated carbocycles. The van der Waals surface area contributed by atoms with Gasteiger partial charge in [0.2, 0.25) is 0 Å². The summed E-state index contributed by atoms with van der Waals surface area (Å²) in [6.45, 7) is 5.01. The maximum atomic E-state index is 4.57. The van der Waals surface area contributed by atoms with Crippen LogP contribution < -0.4 is 5.32 Å². The Bertz CT molecular complexity index is 755. The van der Waals surface area contributed by atoms with E-state index in [9.17, 15) is 0 Å². The molecule has 0 radical (unpaired) electrons. The molecule has 3 aromatic rings. The van der Waals surface area contributed by atoms with Crippen LogP contribution in [-0.4, -0.2) is 21.8 Å². The van der Waals surface area contributed by atoms with Crippen LogP contribution in [0.5, 0.6) is 0 Å². The number of hydrogen-bond donors (Lipinski definition) is 1. The average molecular weight is 280 g/mol. The molecule has 0 bridgehead atoms. The van der Waals surface area contributed by atoms with Gasteiger partial charge in [-0.2, -0.15) is 5.10 Å².